The van der Waals surface area contributed by atoms with Gasteiger partial charge in [0, 0.05) is 39.1 Å². The SMILES string of the molecule is O=C(CCCCCCCCCCCCCCCO)NCCCCCCNC(=O)CCCCCCCCCCCCCCCO. The molecule has 0 radical (unpaired) electrons. The van der Waals surface area contributed by atoms with Crippen molar-refractivity contribution >= 4 is 11.8 Å². The van der Waals surface area contributed by atoms with E-state index in [0.717, 1.165) is 64.5 Å². The molecule has 6 heteroatoms. The largest absolute Gasteiger partial charge is 0.396 e. The maximum absolute atomic E-state index is 12.0. The van der Waals surface area contributed by atoms with Crippen LogP contribution < -0.4 is 10.6 Å². The molecule has 0 aromatic heterocycles. The van der Waals surface area contributed by atoms with E-state index in [1.54, 1.807) is 0 Å². The van der Waals surface area contributed by atoms with Gasteiger partial charge >= 0.3 is 0 Å². The van der Waals surface area contributed by atoms with Crippen LogP contribution in [0.5, 0.6) is 0 Å². The molecule has 6 nitrogen and oxygen atoms in total. The summed E-state index contributed by atoms with van der Waals surface area (Å²) < 4.78 is 0. The second-order valence-corrected chi connectivity index (χ2v) is 13.3. The summed E-state index contributed by atoms with van der Waals surface area (Å²) in [4.78, 5) is 24.1. The van der Waals surface area contributed by atoms with Gasteiger partial charge in [-0.2, -0.15) is 0 Å². The zero-order valence-corrected chi connectivity index (χ0v) is 29.2. The normalized spacial score (nSPS) is 11.2. The van der Waals surface area contributed by atoms with Crippen molar-refractivity contribution in [3.63, 3.8) is 0 Å². The van der Waals surface area contributed by atoms with E-state index in [0.29, 0.717) is 26.1 Å². The highest BCUT2D eigenvalue weighted by atomic mass is 16.3. The number of aliphatic hydroxyl groups excluding tert-OH is 2. The first-order valence-corrected chi connectivity index (χ1v) is 19.5. The molecule has 0 fully saturated rings. The summed E-state index contributed by atoms with van der Waals surface area (Å²) in [5, 5.41) is 23.7. The minimum Gasteiger partial charge on any atom is -0.396 e. The van der Waals surface area contributed by atoms with E-state index < -0.39 is 0 Å². The lowest BCUT2D eigenvalue weighted by atomic mass is 10.0. The first-order chi connectivity index (χ1) is 21.7. The van der Waals surface area contributed by atoms with Crippen LogP contribution in [0.1, 0.15) is 205 Å². The number of aliphatic hydroxyl groups is 2. The van der Waals surface area contributed by atoms with Gasteiger partial charge < -0.3 is 20.8 Å². The van der Waals surface area contributed by atoms with Crippen LogP contribution in [0.15, 0.2) is 0 Å². The fourth-order valence-electron chi connectivity index (χ4n) is 5.92. The zero-order chi connectivity index (χ0) is 32.0. The van der Waals surface area contributed by atoms with Crippen molar-refractivity contribution in [3.8, 4) is 0 Å². The average Bonchev–Trinajstić information content (AvgIpc) is 3.02. The van der Waals surface area contributed by atoms with E-state index in [-0.39, 0.29) is 11.8 Å². The molecule has 0 spiro atoms. The molecule has 0 aromatic carbocycles. The summed E-state index contributed by atoms with van der Waals surface area (Å²) >= 11 is 0. The van der Waals surface area contributed by atoms with Crippen LogP contribution in [0.4, 0.5) is 0 Å². The third-order valence-corrected chi connectivity index (χ3v) is 8.87. The van der Waals surface area contributed by atoms with Gasteiger partial charge in [-0.15, -0.1) is 0 Å². The number of amides is 2. The third kappa shape index (κ3) is 37.0. The van der Waals surface area contributed by atoms with Crippen molar-refractivity contribution in [2.75, 3.05) is 26.3 Å². The third-order valence-electron chi connectivity index (χ3n) is 8.87. The van der Waals surface area contributed by atoms with E-state index in [1.165, 1.54) is 141 Å². The van der Waals surface area contributed by atoms with Crippen molar-refractivity contribution in [3.05, 3.63) is 0 Å². The lowest BCUT2D eigenvalue weighted by Crippen LogP contribution is -2.24. The molecule has 0 aromatic rings. The Balaban J connectivity index is 3.24. The lowest BCUT2D eigenvalue weighted by Gasteiger charge is -2.07. The standard InChI is InChI=1S/C38H76N2O4/c41-35-29-23-17-13-9-5-1-3-7-11-15-19-25-31-37(43)39-33-27-21-22-28-34-40-38(44)32-26-20-16-12-8-4-2-6-10-14-18-24-30-36-42/h41-42H,1-36H2,(H,39,43)(H,40,44). The summed E-state index contributed by atoms with van der Waals surface area (Å²) in [5.41, 5.74) is 0. The molecule has 0 aliphatic carbocycles. The number of carbonyl (C=O) groups excluding carboxylic acids is 2. The molecule has 262 valence electrons. The number of rotatable bonds is 37. The van der Waals surface area contributed by atoms with Crippen molar-refractivity contribution < 1.29 is 19.8 Å². The Bertz CT molecular complexity index is 537. The molecule has 0 aliphatic heterocycles. The molecule has 0 heterocycles. The number of hydrogen-bond donors (Lipinski definition) is 4. The number of nitrogens with one attached hydrogen (secondary N) is 2. The fraction of sp³-hybridized carbons (Fsp3) is 0.947. The molecule has 4 N–H and O–H groups in total. The Hall–Kier alpha value is -1.14. The van der Waals surface area contributed by atoms with Crippen molar-refractivity contribution in [2.24, 2.45) is 0 Å². The van der Waals surface area contributed by atoms with Gasteiger partial charge in [-0.3, -0.25) is 9.59 Å². The van der Waals surface area contributed by atoms with Crippen LogP contribution >= 0.6 is 0 Å². The van der Waals surface area contributed by atoms with Gasteiger partial charge in [0.15, 0.2) is 0 Å². The highest BCUT2D eigenvalue weighted by Crippen LogP contribution is 2.14. The Morgan fingerprint density at radius 2 is 0.500 bits per heavy atom. The fourth-order valence-corrected chi connectivity index (χ4v) is 5.92. The van der Waals surface area contributed by atoms with Gasteiger partial charge in [-0.25, -0.2) is 0 Å². The van der Waals surface area contributed by atoms with Crippen molar-refractivity contribution in [1.82, 2.24) is 10.6 Å². The van der Waals surface area contributed by atoms with Crippen LogP contribution in [0.2, 0.25) is 0 Å². The van der Waals surface area contributed by atoms with Gasteiger partial charge in [-0.05, 0) is 38.5 Å². The van der Waals surface area contributed by atoms with Crippen LogP contribution in [0.25, 0.3) is 0 Å². The highest BCUT2D eigenvalue weighted by molar-refractivity contribution is 5.76. The maximum atomic E-state index is 12.0. The molecule has 0 atom stereocenters. The lowest BCUT2D eigenvalue weighted by molar-refractivity contribution is -0.122. The van der Waals surface area contributed by atoms with E-state index in [9.17, 15) is 9.59 Å². The molecule has 44 heavy (non-hydrogen) atoms. The number of unbranched alkanes of at least 4 members (excludes halogenated alkanes) is 27. The summed E-state index contributed by atoms with van der Waals surface area (Å²) in [7, 11) is 0. The molecule has 2 amide bonds. The van der Waals surface area contributed by atoms with Crippen LogP contribution in [0, 0.1) is 0 Å². The van der Waals surface area contributed by atoms with Gasteiger partial charge in [0.2, 0.25) is 11.8 Å². The Labute approximate surface area is 273 Å². The van der Waals surface area contributed by atoms with Gasteiger partial charge in [0.1, 0.15) is 0 Å². The predicted octanol–water partition coefficient (Wildman–Crippen LogP) is 9.69. The topological polar surface area (TPSA) is 98.7 Å². The average molecular weight is 625 g/mol. The minimum atomic E-state index is 0.202. The maximum Gasteiger partial charge on any atom is 0.219 e. The van der Waals surface area contributed by atoms with Crippen LogP contribution in [-0.2, 0) is 9.59 Å². The summed E-state index contributed by atoms with van der Waals surface area (Å²) in [5.74, 6) is 0.404. The molecule has 0 unspecified atom stereocenters. The molecular formula is C38H76N2O4. The van der Waals surface area contributed by atoms with E-state index >= 15 is 0 Å². The quantitative estimate of drug-likeness (QED) is 0.0517. The monoisotopic (exact) mass is 625 g/mol. The Kier molecular flexibility index (Phi) is 37.1. The molecular weight excluding hydrogens is 548 g/mol. The molecule has 0 rings (SSSR count). The van der Waals surface area contributed by atoms with Gasteiger partial charge in [0.25, 0.3) is 0 Å². The molecule has 0 bridgehead atoms. The van der Waals surface area contributed by atoms with Crippen LogP contribution in [0.3, 0.4) is 0 Å². The van der Waals surface area contributed by atoms with E-state index in [2.05, 4.69) is 10.6 Å². The number of carbonyl (C=O) groups is 2. The van der Waals surface area contributed by atoms with E-state index in [1.807, 2.05) is 0 Å². The second kappa shape index (κ2) is 38.0. The summed E-state index contributed by atoms with van der Waals surface area (Å²) in [6.45, 7) is 2.23. The van der Waals surface area contributed by atoms with Gasteiger partial charge in [0.05, 0.1) is 0 Å². The predicted molar refractivity (Wildman–Crippen MR) is 188 cm³/mol. The first-order valence-electron chi connectivity index (χ1n) is 19.5. The Morgan fingerprint density at radius 1 is 0.295 bits per heavy atom. The summed E-state index contributed by atoms with van der Waals surface area (Å²) in [6.07, 6.45) is 37.9. The number of hydrogen-bond acceptors (Lipinski definition) is 4. The molecule has 0 aliphatic rings. The van der Waals surface area contributed by atoms with Crippen molar-refractivity contribution in [1.29, 1.82) is 0 Å². The van der Waals surface area contributed by atoms with Crippen molar-refractivity contribution in [2.45, 2.75) is 205 Å². The minimum absolute atomic E-state index is 0.202. The zero-order valence-electron chi connectivity index (χ0n) is 29.2. The Morgan fingerprint density at radius 3 is 0.750 bits per heavy atom. The van der Waals surface area contributed by atoms with Gasteiger partial charge in [-0.1, -0.05) is 154 Å². The smallest absolute Gasteiger partial charge is 0.219 e. The first kappa shape index (κ1) is 42.9. The summed E-state index contributed by atoms with van der Waals surface area (Å²) in [6, 6.07) is 0. The van der Waals surface area contributed by atoms with Crippen LogP contribution in [-0.4, -0.2) is 48.3 Å². The highest BCUT2D eigenvalue weighted by Gasteiger charge is 2.03. The second-order valence-electron chi connectivity index (χ2n) is 13.3. The molecule has 0 saturated carbocycles. The van der Waals surface area contributed by atoms with E-state index in [4.69, 9.17) is 10.2 Å². The molecule has 0 saturated heterocycles.